The second-order valence-corrected chi connectivity index (χ2v) is 3.01. The predicted molar refractivity (Wildman–Crippen MR) is 55.0 cm³/mol. The van der Waals surface area contributed by atoms with E-state index in [0.29, 0.717) is 11.2 Å². The van der Waals surface area contributed by atoms with Gasteiger partial charge in [0.05, 0.1) is 0 Å². The minimum atomic E-state index is -1.51. The third-order valence-electron chi connectivity index (χ3n) is 1.45. The second-order valence-electron chi connectivity index (χ2n) is 2.49. The van der Waals surface area contributed by atoms with Crippen molar-refractivity contribution in [2.75, 3.05) is 5.32 Å². The molecule has 0 fully saturated rings. The molecule has 0 aliphatic rings. The van der Waals surface area contributed by atoms with E-state index in [1.165, 1.54) is 6.07 Å². The van der Waals surface area contributed by atoms with Gasteiger partial charge < -0.3 is 15.4 Å². The number of hydrogen-bond acceptors (Lipinski definition) is 3. The van der Waals surface area contributed by atoms with Crippen molar-refractivity contribution < 1.29 is 14.8 Å². The summed E-state index contributed by atoms with van der Waals surface area (Å²) in [6.07, 6.45) is 0. The molecule has 1 amide bonds. The Balaban J connectivity index is 2.85. The largest absolute Gasteiger partial charge is 0.488 e. The van der Waals surface area contributed by atoms with Crippen molar-refractivity contribution in [2.45, 2.75) is 0 Å². The van der Waals surface area contributed by atoms with Crippen LogP contribution in [0.1, 0.15) is 0 Å². The first-order valence-corrected chi connectivity index (χ1v) is 4.20. The highest BCUT2D eigenvalue weighted by Crippen LogP contribution is 2.05. The van der Waals surface area contributed by atoms with E-state index < -0.39 is 7.12 Å². The molecule has 1 aromatic rings. The van der Waals surface area contributed by atoms with Crippen molar-refractivity contribution in [1.82, 2.24) is 0 Å². The van der Waals surface area contributed by atoms with Crippen molar-refractivity contribution in [2.24, 2.45) is 0 Å². The number of anilines is 1. The molecular weight excluding hydrogens is 188 g/mol. The summed E-state index contributed by atoms with van der Waals surface area (Å²) in [6.45, 7) is 0. The van der Waals surface area contributed by atoms with E-state index in [2.05, 4.69) is 5.32 Å². The number of nitrogens with one attached hydrogen (secondary N) is 1. The molecular formula is C7H9BNO3P. The highest BCUT2D eigenvalue weighted by Gasteiger charge is 2.10. The van der Waals surface area contributed by atoms with Crippen LogP contribution in [0.15, 0.2) is 24.3 Å². The Morgan fingerprint density at radius 2 is 2.15 bits per heavy atom. The SMILES string of the molecule is O=C(P)Nc1cccc(B(O)O)c1. The van der Waals surface area contributed by atoms with Crippen LogP contribution in [-0.2, 0) is 0 Å². The zero-order valence-corrected chi connectivity index (χ0v) is 7.92. The summed E-state index contributed by atoms with van der Waals surface area (Å²) in [4.78, 5) is 10.6. The molecule has 0 heterocycles. The number of carbonyl (C=O) groups excluding carboxylic acids is 1. The smallest absolute Gasteiger partial charge is 0.423 e. The first-order chi connectivity index (χ1) is 6.09. The molecule has 0 radical (unpaired) electrons. The summed E-state index contributed by atoms with van der Waals surface area (Å²) in [5, 5.41) is 20.1. The highest BCUT2D eigenvalue weighted by atomic mass is 31.0. The van der Waals surface area contributed by atoms with Crippen molar-refractivity contribution in [3.05, 3.63) is 24.3 Å². The molecule has 3 N–H and O–H groups in total. The van der Waals surface area contributed by atoms with Gasteiger partial charge >= 0.3 is 7.12 Å². The molecule has 0 spiro atoms. The van der Waals surface area contributed by atoms with Crippen LogP contribution >= 0.6 is 9.24 Å². The number of amides is 1. The summed E-state index contributed by atoms with van der Waals surface area (Å²) in [7, 11) is 0.459. The molecule has 68 valence electrons. The molecule has 0 aliphatic heterocycles. The Hall–Kier alpha value is -0.895. The topological polar surface area (TPSA) is 69.6 Å². The third kappa shape index (κ3) is 3.15. The standard InChI is InChI=1S/C7H9BNO3P/c10-7(13)9-6-3-1-2-5(4-6)8(11)12/h1-4,11-12H,13H2,(H,9,10). The van der Waals surface area contributed by atoms with Gasteiger partial charge in [0.2, 0.25) is 5.65 Å². The van der Waals surface area contributed by atoms with Gasteiger partial charge in [-0.05, 0) is 26.8 Å². The van der Waals surface area contributed by atoms with Gasteiger partial charge in [-0.1, -0.05) is 12.1 Å². The van der Waals surface area contributed by atoms with Crippen LogP contribution in [0.4, 0.5) is 10.5 Å². The van der Waals surface area contributed by atoms with Crippen LogP contribution in [0, 0.1) is 0 Å². The van der Waals surface area contributed by atoms with E-state index in [1.807, 2.05) is 9.24 Å². The summed E-state index contributed by atoms with van der Waals surface area (Å²) in [5.41, 5.74) is 0.603. The molecule has 6 heteroatoms. The van der Waals surface area contributed by atoms with E-state index in [4.69, 9.17) is 10.0 Å². The van der Waals surface area contributed by atoms with Crippen molar-refractivity contribution in [3.8, 4) is 0 Å². The van der Waals surface area contributed by atoms with E-state index in [9.17, 15) is 4.79 Å². The monoisotopic (exact) mass is 197 g/mol. The Labute approximate surface area is 78.3 Å². The Kier molecular flexibility index (Phi) is 3.43. The molecule has 13 heavy (non-hydrogen) atoms. The minimum absolute atomic E-state index is 0.274. The lowest BCUT2D eigenvalue weighted by Crippen LogP contribution is -2.29. The van der Waals surface area contributed by atoms with Gasteiger partial charge in [0, 0.05) is 5.69 Å². The molecule has 1 rings (SSSR count). The maximum atomic E-state index is 10.6. The fraction of sp³-hybridized carbons (Fsp3) is 0. The quantitative estimate of drug-likeness (QED) is 0.453. The average Bonchev–Trinajstić information content (AvgIpc) is 2.03. The van der Waals surface area contributed by atoms with Crippen molar-refractivity contribution >= 4 is 33.2 Å². The van der Waals surface area contributed by atoms with E-state index >= 15 is 0 Å². The molecule has 1 aromatic carbocycles. The minimum Gasteiger partial charge on any atom is -0.423 e. The van der Waals surface area contributed by atoms with Crippen LogP contribution < -0.4 is 10.8 Å². The summed E-state index contributed by atoms with van der Waals surface area (Å²) in [5.74, 6) is 0. The average molecular weight is 197 g/mol. The van der Waals surface area contributed by atoms with E-state index in [1.54, 1.807) is 18.2 Å². The van der Waals surface area contributed by atoms with Crippen LogP contribution in [0.2, 0.25) is 0 Å². The van der Waals surface area contributed by atoms with Crippen LogP contribution in [-0.4, -0.2) is 22.8 Å². The normalized spacial score (nSPS) is 9.46. The lowest BCUT2D eigenvalue weighted by atomic mass is 9.80. The van der Waals surface area contributed by atoms with Gasteiger partial charge in [-0.2, -0.15) is 0 Å². The zero-order chi connectivity index (χ0) is 9.84. The first kappa shape index (κ1) is 10.2. The molecule has 0 saturated heterocycles. The lowest BCUT2D eigenvalue weighted by Gasteiger charge is -2.04. The summed E-state index contributed by atoms with van der Waals surface area (Å²) in [6, 6.07) is 6.34. The predicted octanol–water partition coefficient (Wildman–Crippen LogP) is -0.227. The number of hydrogen-bond donors (Lipinski definition) is 3. The van der Waals surface area contributed by atoms with Gasteiger partial charge in [-0.15, -0.1) is 0 Å². The van der Waals surface area contributed by atoms with Crippen molar-refractivity contribution in [1.29, 1.82) is 0 Å². The first-order valence-electron chi connectivity index (χ1n) is 3.62. The van der Waals surface area contributed by atoms with Gasteiger partial charge in [0.15, 0.2) is 0 Å². The van der Waals surface area contributed by atoms with Crippen molar-refractivity contribution in [3.63, 3.8) is 0 Å². The Morgan fingerprint density at radius 1 is 1.46 bits per heavy atom. The summed E-state index contributed by atoms with van der Waals surface area (Å²) < 4.78 is 0. The fourth-order valence-corrected chi connectivity index (χ4v) is 1.09. The maximum absolute atomic E-state index is 10.6. The van der Waals surface area contributed by atoms with Gasteiger partial charge in [-0.25, -0.2) is 0 Å². The summed E-state index contributed by atoms with van der Waals surface area (Å²) >= 11 is 0. The number of rotatable bonds is 2. The molecule has 0 bridgehead atoms. The highest BCUT2D eigenvalue weighted by molar-refractivity contribution is 7.40. The van der Waals surface area contributed by atoms with Crippen LogP contribution in [0.25, 0.3) is 0 Å². The van der Waals surface area contributed by atoms with Gasteiger partial charge in [-0.3, -0.25) is 4.79 Å². The molecule has 0 aromatic heterocycles. The molecule has 1 unspecified atom stereocenters. The van der Waals surface area contributed by atoms with Gasteiger partial charge in [0.25, 0.3) is 0 Å². The molecule has 1 atom stereocenters. The van der Waals surface area contributed by atoms with E-state index in [0.717, 1.165) is 0 Å². The van der Waals surface area contributed by atoms with E-state index in [-0.39, 0.29) is 5.65 Å². The Bertz CT molecular complexity index is 318. The maximum Gasteiger partial charge on any atom is 0.488 e. The molecule has 4 nitrogen and oxygen atoms in total. The van der Waals surface area contributed by atoms with Crippen LogP contribution in [0.5, 0.6) is 0 Å². The third-order valence-corrected chi connectivity index (χ3v) is 1.60. The molecule has 0 saturated carbocycles. The van der Waals surface area contributed by atoms with Crippen LogP contribution in [0.3, 0.4) is 0 Å². The second kappa shape index (κ2) is 4.37. The number of carbonyl (C=O) groups is 1. The number of benzene rings is 1. The van der Waals surface area contributed by atoms with Gasteiger partial charge in [0.1, 0.15) is 0 Å². The lowest BCUT2D eigenvalue weighted by molar-refractivity contribution is 0.269. The fourth-order valence-electron chi connectivity index (χ4n) is 0.919. The zero-order valence-electron chi connectivity index (χ0n) is 6.77. The Morgan fingerprint density at radius 3 is 2.69 bits per heavy atom. The molecule has 0 aliphatic carbocycles.